The van der Waals surface area contributed by atoms with Crippen LogP contribution in [0.5, 0.6) is 0 Å². The van der Waals surface area contributed by atoms with Gasteiger partial charge < -0.3 is 5.32 Å². The number of aryl methyl sites for hydroxylation is 1. The summed E-state index contributed by atoms with van der Waals surface area (Å²) in [6.45, 7) is 0. The Morgan fingerprint density at radius 1 is 1.15 bits per heavy atom. The third kappa shape index (κ3) is 4.06. The molecule has 0 aliphatic heterocycles. The third-order valence-electron chi connectivity index (χ3n) is 3.50. The van der Waals surface area contributed by atoms with Crippen molar-refractivity contribution in [3.63, 3.8) is 0 Å². The minimum atomic E-state index is -0.354. The monoisotopic (exact) mass is 291 g/mol. The topological polar surface area (TPSA) is 12.0 Å². The maximum Gasteiger partial charge on any atom is 0.142 e. The average Bonchev–Trinajstić information content (AvgIpc) is 2.48. The van der Waals surface area contributed by atoms with Gasteiger partial charge in [-0.15, -0.1) is 0 Å². The molecule has 0 aliphatic rings. The Bertz CT molecular complexity index is 542. The van der Waals surface area contributed by atoms with Gasteiger partial charge in [0.05, 0.1) is 5.02 Å². The largest absolute Gasteiger partial charge is 0.313 e. The van der Waals surface area contributed by atoms with Crippen LogP contribution in [0.15, 0.2) is 48.5 Å². The summed E-state index contributed by atoms with van der Waals surface area (Å²) in [6, 6.07) is 15.6. The van der Waals surface area contributed by atoms with E-state index < -0.39 is 0 Å². The molecule has 0 radical (unpaired) electrons. The quantitative estimate of drug-likeness (QED) is 0.809. The average molecular weight is 292 g/mol. The Balaban J connectivity index is 1.93. The summed E-state index contributed by atoms with van der Waals surface area (Å²) in [5.74, 6) is -0.354. The van der Waals surface area contributed by atoms with Crippen LogP contribution < -0.4 is 5.32 Å². The molecular formula is C17H19ClFN. The summed E-state index contributed by atoms with van der Waals surface area (Å²) in [7, 11) is 1.90. The molecule has 0 spiro atoms. The van der Waals surface area contributed by atoms with Gasteiger partial charge in [-0.05, 0) is 49.6 Å². The van der Waals surface area contributed by atoms with Crippen molar-refractivity contribution in [3.05, 3.63) is 70.5 Å². The molecular weight excluding hydrogens is 273 g/mol. The first kappa shape index (κ1) is 15.0. The van der Waals surface area contributed by atoms with Crippen LogP contribution in [0.25, 0.3) is 0 Å². The van der Waals surface area contributed by atoms with Gasteiger partial charge >= 0.3 is 0 Å². The Hall–Kier alpha value is -1.38. The number of nitrogens with one attached hydrogen (secondary N) is 1. The predicted molar refractivity (Wildman–Crippen MR) is 82.6 cm³/mol. The molecule has 2 aromatic carbocycles. The highest BCUT2D eigenvalue weighted by Crippen LogP contribution is 2.23. The lowest BCUT2D eigenvalue weighted by Gasteiger charge is -2.17. The second-order valence-electron chi connectivity index (χ2n) is 4.89. The number of hydrogen-bond acceptors (Lipinski definition) is 1. The zero-order valence-electron chi connectivity index (χ0n) is 11.6. The van der Waals surface area contributed by atoms with Crippen molar-refractivity contribution in [2.45, 2.75) is 25.3 Å². The molecule has 0 aromatic heterocycles. The molecule has 1 nitrogen and oxygen atoms in total. The summed E-state index contributed by atoms with van der Waals surface area (Å²) in [5, 5.41) is 3.42. The van der Waals surface area contributed by atoms with Gasteiger partial charge in [-0.3, -0.25) is 0 Å². The SMILES string of the molecule is CNC(CCCc1ccccc1)c1ccc(Cl)c(F)c1. The fourth-order valence-corrected chi connectivity index (χ4v) is 2.48. The fraction of sp³-hybridized carbons (Fsp3) is 0.294. The van der Waals surface area contributed by atoms with Gasteiger partial charge in [-0.1, -0.05) is 48.0 Å². The second-order valence-corrected chi connectivity index (χ2v) is 5.30. The smallest absolute Gasteiger partial charge is 0.142 e. The molecule has 0 saturated heterocycles. The number of rotatable bonds is 6. The molecule has 0 aliphatic carbocycles. The van der Waals surface area contributed by atoms with Gasteiger partial charge in [0, 0.05) is 6.04 Å². The van der Waals surface area contributed by atoms with Crippen molar-refractivity contribution in [1.29, 1.82) is 0 Å². The molecule has 20 heavy (non-hydrogen) atoms. The van der Waals surface area contributed by atoms with Crippen LogP contribution in [0.4, 0.5) is 4.39 Å². The lowest BCUT2D eigenvalue weighted by atomic mass is 9.99. The number of benzene rings is 2. The van der Waals surface area contributed by atoms with Gasteiger partial charge in [0.2, 0.25) is 0 Å². The van der Waals surface area contributed by atoms with E-state index in [1.54, 1.807) is 6.07 Å². The van der Waals surface area contributed by atoms with Crippen molar-refractivity contribution in [1.82, 2.24) is 5.32 Å². The second kappa shape index (κ2) is 7.41. The van der Waals surface area contributed by atoms with E-state index >= 15 is 0 Å². The standard InChI is InChI=1S/C17H19ClFN/c1-20-17(14-10-11-15(18)16(19)12-14)9-5-8-13-6-3-2-4-7-13/h2-4,6-7,10-12,17,20H,5,8-9H2,1H3. The number of hydrogen-bond donors (Lipinski definition) is 1. The van der Waals surface area contributed by atoms with Crippen LogP contribution in [0, 0.1) is 5.82 Å². The minimum Gasteiger partial charge on any atom is -0.313 e. The van der Waals surface area contributed by atoms with Gasteiger partial charge in [0.25, 0.3) is 0 Å². The maximum absolute atomic E-state index is 13.5. The Labute approximate surface area is 124 Å². The van der Waals surface area contributed by atoms with Crippen LogP contribution >= 0.6 is 11.6 Å². The molecule has 3 heteroatoms. The lowest BCUT2D eigenvalue weighted by molar-refractivity contribution is 0.522. The Kier molecular flexibility index (Phi) is 5.57. The first-order valence-electron chi connectivity index (χ1n) is 6.87. The van der Waals surface area contributed by atoms with Crippen molar-refractivity contribution in [3.8, 4) is 0 Å². The first-order valence-corrected chi connectivity index (χ1v) is 7.24. The Morgan fingerprint density at radius 2 is 1.90 bits per heavy atom. The molecule has 0 fully saturated rings. The lowest BCUT2D eigenvalue weighted by Crippen LogP contribution is -2.16. The highest BCUT2D eigenvalue weighted by atomic mass is 35.5. The van der Waals surface area contributed by atoms with Gasteiger partial charge in [0.15, 0.2) is 0 Å². The summed E-state index contributed by atoms with van der Waals surface area (Å²) in [4.78, 5) is 0. The third-order valence-corrected chi connectivity index (χ3v) is 3.80. The van der Waals surface area contributed by atoms with Gasteiger partial charge in [-0.2, -0.15) is 0 Å². The van der Waals surface area contributed by atoms with Crippen molar-refractivity contribution in [2.24, 2.45) is 0 Å². The molecule has 1 N–H and O–H groups in total. The van der Waals surface area contributed by atoms with E-state index in [9.17, 15) is 4.39 Å². The fourth-order valence-electron chi connectivity index (χ4n) is 2.36. The first-order chi connectivity index (χ1) is 9.70. The Morgan fingerprint density at radius 3 is 2.55 bits per heavy atom. The summed E-state index contributed by atoms with van der Waals surface area (Å²) < 4.78 is 13.5. The van der Waals surface area contributed by atoms with Crippen LogP contribution in [0.3, 0.4) is 0 Å². The van der Waals surface area contributed by atoms with Crippen LogP contribution in [-0.2, 0) is 6.42 Å². The molecule has 0 heterocycles. The number of halogens is 2. The van der Waals surface area contributed by atoms with Crippen molar-refractivity contribution < 1.29 is 4.39 Å². The zero-order chi connectivity index (χ0) is 14.4. The van der Waals surface area contributed by atoms with Crippen LogP contribution in [0.2, 0.25) is 5.02 Å². The van der Waals surface area contributed by atoms with Crippen molar-refractivity contribution >= 4 is 11.6 Å². The highest BCUT2D eigenvalue weighted by Gasteiger charge is 2.11. The molecule has 0 saturated carbocycles. The molecule has 0 bridgehead atoms. The molecule has 0 amide bonds. The van der Waals surface area contributed by atoms with E-state index in [0.717, 1.165) is 24.8 Å². The summed E-state index contributed by atoms with van der Waals surface area (Å²) in [5.41, 5.74) is 2.28. The summed E-state index contributed by atoms with van der Waals surface area (Å²) >= 11 is 5.72. The van der Waals surface area contributed by atoms with Gasteiger partial charge in [0.1, 0.15) is 5.82 Å². The van der Waals surface area contributed by atoms with Crippen LogP contribution in [0.1, 0.15) is 30.0 Å². The molecule has 1 atom stereocenters. The molecule has 1 unspecified atom stereocenters. The van der Waals surface area contributed by atoms with Gasteiger partial charge in [-0.25, -0.2) is 4.39 Å². The molecule has 2 aromatic rings. The predicted octanol–water partition coefficient (Wildman–Crippen LogP) is 4.76. The molecule has 106 valence electrons. The van der Waals surface area contributed by atoms with E-state index in [1.807, 2.05) is 19.2 Å². The zero-order valence-corrected chi connectivity index (χ0v) is 12.3. The minimum absolute atomic E-state index is 0.158. The van der Waals surface area contributed by atoms with Crippen molar-refractivity contribution in [2.75, 3.05) is 7.05 Å². The van der Waals surface area contributed by atoms with E-state index in [0.29, 0.717) is 0 Å². The normalized spacial score (nSPS) is 12.3. The van der Waals surface area contributed by atoms with E-state index in [2.05, 4.69) is 29.6 Å². The summed E-state index contributed by atoms with van der Waals surface area (Å²) in [6.07, 6.45) is 3.06. The van der Waals surface area contributed by atoms with E-state index in [4.69, 9.17) is 11.6 Å². The van der Waals surface area contributed by atoms with Crippen LogP contribution in [-0.4, -0.2) is 7.05 Å². The van der Waals surface area contributed by atoms with E-state index in [-0.39, 0.29) is 16.9 Å². The highest BCUT2D eigenvalue weighted by molar-refractivity contribution is 6.30. The van der Waals surface area contributed by atoms with E-state index in [1.165, 1.54) is 11.6 Å². The maximum atomic E-state index is 13.5. The molecule has 2 rings (SSSR count).